The molecule has 90 valence electrons. The molecule has 0 amide bonds. The summed E-state index contributed by atoms with van der Waals surface area (Å²) in [5, 5.41) is 1.09. The minimum Gasteiger partial charge on any atom is -0.299 e. The first-order valence-electron chi connectivity index (χ1n) is 6.01. The summed E-state index contributed by atoms with van der Waals surface area (Å²) in [4.78, 5) is 2.50. The lowest BCUT2D eigenvalue weighted by Crippen LogP contribution is -2.24. The molecule has 1 aromatic rings. The van der Waals surface area contributed by atoms with E-state index in [2.05, 4.69) is 59.8 Å². The average molecular weight is 284 g/mol. The van der Waals surface area contributed by atoms with E-state index in [1.165, 1.54) is 29.7 Å². The summed E-state index contributed by atoms with van der Waals surface area (Å²) in [7, 11) is 0. The summed E-state index contributed by atoms with van der Waals surface area (Å²) in [6, 6.07) is 6.83. The predicted molar refractivity (Wildman–Crippen MR) is 75.3 cm³/mol. The third-order valence-corrected chi connectivity index (χ3v) is 3.30. The molecule has 0 aliphatic carbocycles. The van der Waals surface area contributed by atoms with Gasteiger partial charge in [-0.15, -0.1) is 0 Å². The van der Waals surface area contributed by atoms with Gasteiger partial charge in [0.1, 0.15) is 0 Å². The van der Waals surface area contributed by atoms with E-state index in [-0.39, 0.29) is 0 Å². The van der Waals surface area contributed by atoms with Gasteiger partial charge in [0.25, 0.3) is 0 Å². The van der Waals surface area contributed by atoms with Crippen LogP contribution in [-0.4, -0.2) is 23.3 Å². The lowest BCUT2D eigenvalue weighted by molar-refractivity contribution is 0.281. The number of aryl methyl sites for hydroxylation is 2. The van der Waals surface area contributed by atoms with Crippen LogP contribution < -0.4 is 0 Å². The van der Waals surface area contributed by atoms with Crippen molar-refractivity contribution in [3.05, 3.63) is 34.9 Å². The van der Waals surface area contributed by atoms with Gasteiger partial charge in [-0.1, -0.05) is 52.2 Å². The van der Waals surface area contributed by atoms with Crippen molar-refractivity contribution < 1.29 is 0 Å². The molecule has 0 aliphatic rings. The highest BCUT2D eigenvalue weighted by molar-refractivity contribution is 9.09. The quantitative estimate of drug-likeness (QED) is 0.716. The van der Waals surface area contributed by atoms with Gasteiger partial charge in [-0.05, 0) is 38.9 Å². The minimum atomic E-state index is 1.08. The average Bonchev–Trinajstić information content (AvgIpc) is 2.22. The maximum absolute atomic E-state index is 3.49. The molecule has 2 heteroatoms. The maximum atomic E-state index is 3.49. The summed E-state index contributed by atoms with van der Waals surface area (Å²) in [6.45, 7) is 9.95. The number of hydrogen-bond acceptors (Lipinski definition) is 1. The third kappa shape index (κ3) is 4.67. The van der Waals surface area contributed by atoms with E-state index >= 15 is 0 Å². The molecule has 0 aliphatic heterocycles. The van der Waals surface area contributed by atoms with E-state index in [0.717, 1.165) is 18.4 Å². The fourth-order valence-electron chi connectivity index (χ4n) is 2.05. The highest BCUT2D eigenvalue weighted by Crippen LogP contribution is 2.11. The Bertz CT molecular complexity index is 302. The SMILES string of the molecule is CCN(CCCBr)Cc1cc(C)cc(C)c1. The number of benzene rings is 1. The Balaban J connectivity index is 2.62. The normalized spacial score (nSPS) is 11.1. The molecule has 0 N–H and O–H groups in total. The van der Waals surface area contributed by atoms with Crippen LogP contribution in [0.5, 0.6) is 0 Å². The van der Waals surface area contributed by atoms with Crippen LogP contribution in [0.25, 0.3) is 0 Å². The molecule has 0 unspecified atom stereocenters. The molecule has 0 fully saturated rings. The van der Waals surface area contributed by atoms with Gasteiger partial charge in [-0.25, -0.2) is 0 Å². The number of hydrogen-bond donors (Lipinski definition) is 0. The molecule has 0 saturated heterocycles. The lowest BCUT2D eigenvalue weighted by atomic mass is 10.1. The molecule has 16 heavy (non-hydrogen) atoms. The second-order valence-corrected chi connectivity index (χ2v) is 5.20. The van der Waals surface area contributed by atoms with Gasteiger partial charge >= 0.3 is 0 Å². The first-order valence-corrected chi connectivity index (χ1v) is 7.13. The summed E-state index contributed by atoms with van der Waals surface area (Å²) < 4.78 is 0. The first-order chi connectivity index (χ1) is 7.65. The van der Waals surface area contributed by atoms with Crippen LogP contribution in [0.15, 0.2) is 18.2 Å². The molecule has 0 atom stereocenters. The van der Waals surface area contributed by atoms with Crippen molar-refractivity contribution in [2.45, 2.75) is 33.7 Å². The van der Waals surface area contributed by atoms with Gasteiger partial charge in [-0.3, -0.25) is 4.90 Å². The van der Waals surface area contributed by atoms with E-state index in [0.29, 0.717) is 0 Å². The van der Waals surface area contributed by atoms with Crippen molar-refractivity contribution in [1.82, 2.24) is 4.90 Å². The van der Waals surface area contributed by atoms with E-state index in [9.17, 15) is 0 Å². The Morgan fingerprint density at radius 1 is 1.12 bits per heavy atom. The van der Waals surface area contributed by atoms with Gasteiger partial charge in [0.2, 0.25) is 0 Å². The Hall–Kier alpha value is -0.340. The Labute approximate surface area is 108 Å². The Morgan fingerprint density at radius 2 is 1.75 bits per heavy atom. The monoisotopic (exact) mass is 283 g/mol. The Kier molecular flexibility index (Phi) is 6.07. The molecule has 0 aromatic heterocycles. The zero-order chi connectivity index (χ0) is 12.0. The molecule has 1 aromatic carbocycles. The number of halogens is 1. The van der Waals surface area contributed by atoms with Gasteiger partial charge < -0.3 is 0 Å². The predicted octanol–water partition coefficient (Wildman–Crippen LogP) is 3.91. The molecule has 1 nitrogen and oxygen atoms in total. The van der Waals surface area contributed by atoms with Gasteiger partial charge in [0.15, 0.2) is 0 Å². The molecule has 0 radical (unpaired) electrons. The van der Waals surface area contributed by atoms with Gasteiger partial charge in [0, 0.05) is 11.9 Å². The zero-order valence-corrected chi connectivity index (χ0v) is 12.2. The second-order valence-electron chi connectivity index (χ2n) is 4.41. The largest absolute Gasteiger partial charge is 0.299 e. The summed E-state index contributed by atoms with van der Waals surface area (Å²) in [5.74, 6) is 0. The fraction of sp³-hybridized carbons (Fsp3) is 0.571. The second kappa shape index (κ2) is 7.08. The highest BCUT2D eigenvalue weighted by Gasteiger charge is 2.04. The third-order valence-electron chi connectivity index (χ3n) is 2.74. The number of nitrogens with zero attached hydrogens (tertiary/aromatic N) is 1. The van der Waals surface area contributed by atoms with Crippen LogP contribution in [0, 0.1) is 13.8 Å². The number of alkyl halides is 1. The van der Waals surface area contributed by atoms with Crippen LogP contribution in [0.2, 0.25) is 0 Å². The van der Waals surface area contributed by atoms with Gasteiger partial charge in [0.05, 0.1) is 0 Å². The Morgan fingerprint density at radius 3 is 2.25 bits per heavy atom. The standard InChI is InChI=1S/C14H22BrN/c1-4-16(7-5-6-15)11-14-9-12(2)8-13(3)10-14/h8-10H,4-7,11H2,1-3H3. The molecule has 0 spiro atoms. The molecular weight excluding hydrogens is 262 g/mol. The molecule has 0 heterocycles. The van der Waals surface area contributed by atoms with E-state index in [1.807, 2.05) is 0 Å². The van der Waals surface area contributed by atoms with E-state index in [1.54, 1.807) is 0 Å². The summed E-state index contributed by atoms with van der Waals surface area (Å²) in [5.41, 5.74) is 4.17. The van der Waals surface area contributed by atoms with Crippen molar-refractivity contribution in [3.8, 4) is 0 Å². The van der Waals surface area contributed by atoms with Crippen LogP contribution in [0.1, 0.15) is 30.0 Å². The molecule has 0 saturated carbocycles. The topological polar surface area (TPSA) is 3.24 Å². The maximum Gasteiger partial charge on any atom is 0.0233 e. The van der Waals surface area contributed by atoms with Crippen LogP contribution in [-0.2, 0) is 6.54 Å². The summed E-state index contributed by atoms with van der Waals surface area (Å²) >= 11 is 3.49. The summed E-state index contributed by atoms with van der Waals surface area (Å²) in [6.07, 6.45) is 1.22. The fourth-order valence-corrected chi connectivity index (χ4v) is 2.30. The van der Waals surface area contributed by atoms with Crippen molar-refractivity contribution in [3.63, 3.8) is 0 Å². The molecule has 0 bridgehead atoms. The van der Waals surface area contributed by atoms with Crippen molar-refractivity contribution in [2.75, 3.05) is 18.4 Å². The number of rotatable bonds is 6. The first kappa shape index (κ1) is 13.7. The van der Waals surface area contributed by atoms with Gasteiger partial charge in [-0.2, -0.15) is 0 Å². The molecular formula is C14H22BrN. The zero-order valence-electron chi connectivity index (χ0n) is 10.6. The van der Waals surface area contributed by atoms with E-state index in [4.69, 9.17) is 0 Å². The smallest absolute Gasteiger partial charge is 0.0233 e. The van der Waals surface area contributed by atoms with Crippen LogP contribution in [0.3, 0.4) is 0 Å². The van der Waals surface area contributed by atoms with Crippen LogP contribution in [0.4, 0.5) is 0 Å². The molecule has 1 rings (SSSR count). The van der Waals surface area contributed by atoms with Crippen molar-refractivity contribution in [1.29, 1.82) is 0 Å². The van der Waals surface area contributed by atoms with Crippen molar-refractivity contribution in [2.24, 2.45) is 0 Å². The lowest BCUT2D eigenvalue weighted by Gasteiger charge is -2.20. The van der Waals surface area contributed by atoms with Crippen molar-refractivity contribution >= 4 is 15.9 Å². The highest BCUT2D eigenvalue weighted by atomic mass is 79.9. The minimum absolute atomic E-state index is 1.08. The van der Waals surface area contributed by atoms with Crippen LogP contribution >= 0.6 is 15.9 Å². The van der Waals surface area contributed by atoms with E-state index < -0.39 is 0 Å².